The summed E-state index contributed by atoms with van der Waals surface area (Å²) in [6, 6.07) is 13.3. The number of hydrogen-bond acceptors (Lipinski definition) is 3. The van der Waals surface area contributed by atoms with E-state index in [0.29, 0.717) is 18.6 Å². The molecule has 6 heteroatoms. The van der Waals surface area contributed by atoms with Crippen molar-refractivity contribution >= 4 is 16.9 Å². The molecule has 136 valence electrons. The standard InChI is InChI=1S/C20H24N4O2/c1-4-22-16-9-5-6-10-17(16)23(20(22)26)14-12-19(25)24-13-8-7-11-18(24)21-15(2)3/h5-11,13,15H,4,12,14H2,1-3H3. The van der Waals surface area contributed by atoms with Crippen LogP contribution in [0.2, 0.25) is 0 Å². The SMILES string of the molecule is CCn1c(=O)n(CCC(=O)n2ccccc2=NC(C)C)c2ccccc21. The van der Waals surface area contributed by atoms with Crippen molar-refractivity contribution in [3.8, 4) is 0 Å². The lowest BCUT2D eigenvalue weighted by Gasteiger charge is -2.08. The third-order valence-electron chi connectivity index (χ3n) is 4.29. The lowest BCUT2D eigenvalue weighted by Crippen LogP contribution is -2.30. The van der Waals surface area contributed by atoms with Crippen LogP contribution in [0.25, 0.3) is 11.0 Å². The molecule has 0 fully saturated rings. The molecule has 3 aromatic rings. The van der Waals surface area contributed by atoms with Crippen LogP contribution in [-0.2, 0) is 13.1 Å². The second-order valence-electron chi connectivity index (χ2n) is 6.46. The van der Waals surface area contributed by atoms with Crippen LogP contribution in [0.4, 0.5) is 0 Å². The molecule has 3 rings (SSSR count). The van der Waals surface area contributed by atoms with Gasteiger partial charge in [-0.2, -0.15) is 0 Å². The van der Waals surface area contributed by atoms with Gasteiger partial charge in [0.15, 0.2) is 0 Å². The zero-order valence-electron chi connectivity index (χ0n) is 15.4. The molecule has 26 heavy (non-hydrogen) atoms. The Bertz CT molecular complexity index is 1050. The number of benzene rings is 1. The molecule has 2 heterocycles. The van der Waals surface area contributed by atoms with Gasteiger partial charge in [0.25, 0.3) is 0 Å². The molecule has 0 spiro atoms. The normalized spacial score (nSPS) is 12.2. The van der Waals surface area contributed by atoms with Crippen LogP contribution in [0.3, 0.4) is 0 Å². The molecule has 2 aromatic heterocycles. The number of carbonyl (C=O) groups is 1. The van der Waals surface area contributed by atoms with Crippen molar-refractivity contribution in [1.82, 2.24) is 13.7 Å². The molecule has 0 aliphatic heterocycles. The number of imidazole rings is 1. The highest BCUT2D eigenvalue weighted by atomic mass is 16.2. The van der Waals surface area contributed by atoms with Crippen molar-refractivity contribution in [1.29, 1.82) is 0 Å². The number of rotatable bonds is 5. The van der Waals surface area contributed by atoms with E-state index in [1.807, 2.05) is 63.2 Å². The van der Waals surface area contributed by atoms with E-state index in [1.54, 1.807) is 19.9 Å². The Labute approximate surface area is 152 Å². The van der Waals surface area contributed by atoms with Gasteiger partial charge in [-0.1, -0.05) is 18.2 Å². The molecule has 0 saturated heterocycles. The van der Waals surface area contributed by atoms with Crippen LogP contribution in [0.1, 0.15) is 32.0 Å². The van der Waals surface area contributed by atoms with Crippen molar-refractivity contribution in [2.45, 2.75) is 46.3 Å². The van der Waals surface area contributed by atoms with Gasteiger partial charge in [-0.05, 0) is 45.0 Å². The number of carbonyl (C=O) groups excluding carboxylic acids is 1. The first-order valence-electron chi connectivity index (χ1n) is 8.95. The summed E-state index contributed by atoms with van der Waals surface area (Å²) in [6.45, 7) is 6.84. The summed E-state index contributed by atoms with van der Waals surface area (Å²) in [7, 11) is 0. The van der Waals surface area contributed by atoms with Gasteiger partial charge in [-0.25, -0.2) is 4.79 Å². The number of para-hydroxylation sites is 2. The summed E-state index contributed by atoms with van der Waals surface area (Å²) in [6.07, 6.45) is 1.95. The predicted molar refractivity (Wildman–Crippen MR) is 102 cm³/mol. The fraction of sp³-hybridized carbons (Fsp3) is 0.350. The summed E-state index contributed by atoms with van der Waals surface area (Å²) in [5.74, 6) is -0.0785. The number of pyridine rings is 1. The lowest BCUT2D eigenvalue weighted by molar-refractivity contribution is 0.0891. The number of aryl methyl sites for hydroxylation is 2. The van der Waals surface area contributed by atoms with Gasteiger partial charge in [-0.15, -0.1) is 0 Å². The minimum absolute atomic E-state index is 0.0772. The maximum Gasteiger partial charge on any atom is 0.329 e. The number of hydrogen-bond donors (Lipinski definition) is 0. The third-order valence-corrected chi connectivity index (χ3v) is 4.29. The Balaban J connectivity index is 1.92. The van der Waals surface area contributed by atoms with E-state index in [-0.39, 0.29) is 24.1 Å². The van der Waals surface area contributed by atoms with Crippen LogP contribution in [0, 0.1) is 0 Å². The first-order valence-corrected chi connectivity index (χ1v) is 8.95. The highest BCUT2D eigenvalue weighted by molar-refractivity contribution is 5.79. The van der Waals surface area contributed by atoms with E-state index < -0.39 is 0 Å². The van der Waals surface area contributed by atoms with E-state index in [9.17, 15) is 9.59 Å². The quantitative estimate of drug-likeness (QED) is 0.709. The van der Waals surface area contributed by atoms with E-state index in [1.165, 1.54) is 0 Å². The Kier molecular flexibility index (Phi) is 5.21. The first-order chi connectivity index (χ1) is 12.5. The predicted octanol–water partition coefficient (Wildman–Crippen LogP) is 2.66. The van der Waals surface area contributed by atoms with E-state index >= 15 is 0 Å². The minimum atomic E-state index is -0.0785. The molecule has 1 aromatic carbocycles. The number of aromatic nitrogens is 3. The van der Waals surface area contributed by atoms with Gasteiger partial charge >= 0.3 is 5.69 Å². The van der Waals surface area contributed by atoms with Gasteiger partial charge < -0.3 is 0 Å². The molecule has 0 atom stereocenters. The number of nitrogens with zero attached hydrogens (tertiary/aromatic N) is 4. The Morgan fingerprint density at radius 2 is 1.69 bits per heavy atom. The van der Waals surface area contributed by atoms with Crippen molar-refractivity contribution in [2.24, 2.45) is 4.99 Å². The molecular formula is C20H24N4O2. The average molecular weight is 352 g/mol. The minimum Gasteiger partial charge on any atom is -0.292 e. The van der Waals surface area contributed by atoms with Crippen molar-refractivity contribution in [3.63, 3.8) is 0 Å². The zero-order chi connectivity index (χ0) is 18.7. The Hall–Kier alpha value is -2.89. The van der Waals surface area contributed by atoms with E-state index in [2.05, 4.69) is 4.99 Å². The molecule has 0 aliphatic rings. The average Bonchev–Trinajstić information content (AvgIpc) is 2.90. The molecular weight excluding hydrogens is 328 g/mol. The van der Waals surface area contributed by atoms with Crippen LogP contribution in [0.15, 0.2) is 58.4 Å². The highest BCUT2D eigenvalue weighted by Crippen LogP contribution is 2.13. The highest BCUT2D eigenvalue weighted by Gasteiger charge is 2.13. The molecule has 0 saturated carbocycles. The molecule has 0 bridgehead atoms. The summed E-state index contributed by atoms with van der Waals surface area (Å²) in [5.41, 5.74) is 2.31. The summed E-state index contributed by atoms with van der Waals surface area (Å²) in [5, 5.41) is 0. The van der Waals surface area contributed by atoms with Gasteiger partial charge in [0.05, 0.1) is 11.0 Å². The smallest absolute Gasteiger partial charge is 0.292 e. The Morgan fingerprint density at radius 3 is 2.35 bits per heavy atom. The molecule has 6 nitrogen and oxygen atoms in total. The van der Waals surface area contributed by atoms with Crippen LogP contribution < -0.4 is 11.2 Å². The van der Waals surface area contributed by atoms with Crippen LogP contribution >= 0.6 is 0 Å². The first kappa shape index (κ1) is 17.9. The molecule has 0 unspecified atom stereocenters. The van der Waals surface area contributed by atoms with Crippen molar-refractivity contribution in [2.75, 3.05) is 0 Å². The fourth-order valence-electron chi connectivity index (χ4n) is 3.14. The summed E-state index contributed by atoms with van der Waals surface area (Å²) in [4.78, 5) is 29.9. The van der Waals surface area contributed by atoms with Gasteiger partial charge in [0, 0.05) is 31.7 Å². The number of fused-ring (bicyclic) bond motifs is 1. The molecule has 0 radical (unpaired) electrons. The molecule has 0 aliphatic carbocycles. The summed E-state index contributed by atoms with van der Waals surface area (Å²) < 4.78 is 4.97. The zero-order valence-corrected chi connectivity index (χ0v) is 15.4. The van der Waals surface area contributed by atoms with Crippen molar-refractivity contribution in [3.05, 3.63) is 64.6 Å². The topological polar surface area (TPSA) is 61.3 Å². The largest absolute Gasteiger partial charge is 0.329 e. The van der Waals surface area contributed by atoms with Gasteiger partial charge in [0.1, 0.15) is 5.49 Å². The maximum absolute atomic E-state index is 12.7. The lowest BCUT2D eigenvalue weighted by atomic mass is 10.3. The molecule has 0 N–H and O–H groups in total. The monoisotopic (exact) mass is 352 g/mol. The van der Waals surface area contributed by atoms with Gasteiger partial charge in [-0.3, -0.25) is 23.5 Å². The second-order valence-corrected chi connectivity index (χ2v) is 6.46. The van der Waals surface area contributed by atoms with Crippen LogP contribution in [0.5, 0.6) is 0 Å². The maximum atomic E-state index is 12.7. The molecule has 0 amide bonds. The second kappa shape index (κ2) is 7.56. The van der Waals surface area contributed by atoms with Crippen molar-refractivity contribution < 1.29 is 4.79 Å². The fourth-order valence-corrected chi connectivity index (χ4v) is 3.14. The van der Waals surface area contributed by atoms with Crippen LogP contribution in [-0.4, -0.2) is 25.7 Å². The van der Waals surface area contributed by atoms with E-state index in [0.717, 1.165) is 11.0 Å². The van der Waals surface area contributed by atoms with Gasteiger partial charge in [0.2, 0.25) is 5.91 Å². The Morgan fingerprint density at radius 1 is 1.04 bits per heavy atom. The van der Waals surface area contributed by atoms with E-state index in [4.69, 9.17) is 0 Å². The summed E-state index contributed by atoms with van der Waals surface area (Å²) >= 11 is 0. The third kappa shape index (κ3) is 3.40.